The van der Waals surface area contributed by atoms with Gasteiger partial charge in [-0.2, -0.15) is 0 Å². The number of carbonyl (C=O) groups is 1. The monoisotopic (exact) mass is 299 g/mol. The molecule has 0 unspecified atom stereocenters. The van der Waals surface area contributed by atoms with Crippen molar-refractivity contribution in [2.24, 2.45) is 0 Å². The molecule has 0 spiro atoms. The smallest absolute Gasteiger partial charge is 0.235 e. The van der Waals surface area contributed by atoms with Gasteiger partial charge in [0.2, 0.25) is 17.7 Å². The number of amides is 1. The quantitative estimate of drug-likeness (QED) is 0.921. The van der Waals surface area contributed by atoms with Crippen molar-refractivity contribution >= 4 is 5.91 Å². The maximum Gasteiger partial charge on any atom is 0.235 e. The van der Waals surface area contributed by atoms with Gasteiger partial charge in [-0.15, -0.1) is 10.2 Å². The second kappa shape index (κ2) is 6.30. The van der Waals surface area contributed by atoms with Crippen LogP contribution in [-0.4, -0.2) is 16.1 Å². The summed E-state index contributed by atoms with van der Waals surface area (Å²) in [6, 6.07) is 10.1. The fourth-order valence-electron chi connectivity index (χ4n) is 3.21. The Bertz CT molecular complexity index is 630. The van der Waals surface area contributed by atoms with Gasteiger partial charge in [0.05, 0.1) is 12.0 Å². The predicted molar refractivity (Wildman–Crippen MR) is 82.1 cm³/mol. The summed E-state index contributed by atoms with van der Waals surface area (Å²) >= 11 is 0. The SMILES string of the molecule is CCc1nnc(CNC(=O)C2(c3ccccc3)CCCC2)o1. The summed E-state index contributed by atoms with van der Waals surface area (Å²) in [5.74, 6) is 1.13. The standard InChI is InChI=1S/C17H21N3O2/c1-2-14-19-20-15(22-14)12-18-16(21)17(10-6-7-11-17)13-8-4-3-5-9-13/h3-5,8-9H,2,6-7,10-12H2,1H3,(H,18,21). The molecular formula is C17H21N3O2. The maximum atomic E-state index is 12.8. The van der Waals surface area contributed by atoms with E-state index in [4.69, 9.17) is 4.42 Å². The van der Waals surface area contributed by atoms with E-state index in [1.807, 2.05) is 37.3 Å². The van der Waals surface area contributed by atoms with Crippen LogP contribution in [0.25, 0.3) is 0 Å². The zero-order valence-electron chi connectivity index (χ0n) is 12.8. The van der Waals surface area contributed by atoms with E-state index in [2.05, 4.69) is 15.5 Å². The third-order valence-corrected chi connectivity index (χ3v) is 4.43. The van der Waals surface area contributed by atoms with E-state index in [9.17, 15) is 4.79 Å². The van der Waals surface area contributed by atoms with Gasteiger partial charge in [0.25, 0.3) is 0 Å². The van der Waals surface area contributed by atoms with Crippen LogP contribution in [0.1, 0.15) is 50.0 Å². The number of aryl methyl sites for hydroxylation is 1. The average molecular weight is 299 g/mol. The summed E-state index contributed by atoms with van der Waals surface area (Å²) in [6.07, 6.45) is 4.67. The molecule has 5 heteroatoms. The molecular weight excluding hydrogens is 278 g/mol. The second-order valence-electron chi connectivity index (χ2n) is 5.78. The van der Waals surface area contributed by atoms with Gasteiger partial charge in [-0.1, -0.05) is 50.1 Å². The number of nitrogens with one attached hydrogen (secondary N) is 1. The number of hydrogen-bond donors (Lipinski definition) is 1. The van der Waals surface area contributed by atoms with E-state index in [0.717, 1.165) is 31.2 Å². The van der Waals surface area contributed by atoms with Crippen LogP contribution in [0.2, 0.25) is 0 Å². The van der Waals surface area contributed by atoms with E-state index in [-0.39, 0.29) is 5.91 Å². The lowest BCUT2D eigenvalue weighted by Crippen LogP contribution is -2.42. The Balaban J connectivity index is 1.73. The molecule has 1 aliphatic rings. The van der Waals surface area contributed by atoms with Crippen molar-refractivity contribution < 1.29 is 9.21 Å². The first-order valence-electron chi connectivity index (χ1n) is 7.90. The molecule has 1 fully saturated rings. The highest BCUT2D eigenvalue weighted by Crippen LogP contribution is 2.41. The van der Waals surface area contributed by atoms with Crippen LogP contribution in [0.3, 0.4) is 0 Å². The number of carbonyl (C=O) groups excluding carboxylic acids is 1. The summed E-state index contributed by atoms with van der Waals surface area (Å²) in [5, 5.41) is 10.8. The maximum absolute atomic E-state index is 12.8. The normalized spacial score (nSPS) is 16.6. The minimum absolute atomic E-state index is 0.0625. The van der Waals surface area contributed by atoms with Crippen LogP contribution < -0.4 is 5.32 Å². The van der Waals surface area contributed by atoms with Crippen molar-refractivity contribution in [3.05, 3.63) is 47.7 Å². The van der Waals surface area contributed by atoms with Gasteiger partial charge in [0.15, 0.2) is 0 Å². The van der Waals surface area contributed by atoms with Gasteiger partial charge in [-0.05, 0) is 18.4 Å². The van der Waals surface area contributed by atoms with Crippen LogP contribution in [0.4, 0.5) is 0 Å². The highest BCUT2D eigenvalue weighted by atomic mass is 16.4. The third kappa shape index (κ3) is 2.75. The molecule has 0 aliphatic heterocycles. The predicted octanol–water partition coefficient (Wildman–Crippen LogP) is 2.76. The zero-order valence-corrected chi connectivity index (χ0v) is 12.8. The van der Waals surface area contributed by atoms with E-state index in [1.54, 1.807) is 0 Å². The zero-order chi connectivity index (χ0) is 15.4. The van der Waals surface area contributed by atoms with Crippen molar-refractivity contribution in [1.82, 2.24) is 15.5 Å². The van der Waals surface area contributed by atoms with Crippen molar-refractivity contribution in [1.29, 1.82) is 0 Å². The number of rotatable bonds is 5. The Labute approximate surface area is 130 Å². The molecule has 1 amide bonds. The first-order valence-corrected chi connectivity index (χ1v) is 7.90. The number of hydrogen-bond acceptors (Lipinski definition) is 4. The lowest BCUT2D eigenvalue weighted by atomic mass is 9.78. The highest BCUT2D eigenvalue weighted by Gasteiger charge is 2.42. The van der Waals surface area contributed by atoms with Crippen molar-refractivity contribution in [2.45, 2.75) is 51.0 Å². The molecule has 1 saturated carbocycles. The van der Waals surface area contributed by atoms with Crippen LogP contribution in [-0.2, 0) is 23.2 Å². The Morgan fingerprint density at radius 3 is 2.50 bits per heavy atom. The fraction of sp³-hybridized carbons (Fsp3) is 0.471. The first kappa shape index (κ1) is 14.8. The first-order chi connectivity index (χ1) is 10.7. The third-order valence-electron chi connectivity index (χ3n) is 4.43. The summed E-state index contributed by atoms with van der Waals surface area (Å²) in [5.41, 5.74) is 0.694. The van der Waals surface area contributed by atoms with Crippen LogP contribution in [0, 0.1) is 0 Å². The highest BCUT2D eigenvalue weighted by molar-refractivity contribution is 5.88. The van der Waals surface area contributed by atoms with Crippen LogP contribution >= 0.6 is 0 Å². The lowest BCUT2D eigenvalue weighted by Gasteiger charge is -2.28. The van der Waals surface area contributed by atoms with Gasteiger partial charge < -0.3 is 9.73 Å². The summed E-state index contributed by atoms with van der Waals surface area (Å²) in [4.78, 5) is 12.8. The van der Waals surface area contributed by atoms with Crippen molar-refractivity contribution in [3.8, 4) is 0 Å². The minimum atomic E-state index is -0.408. The number of nitrogens with zero attached hydrogens (tertiary/aromatic N) is 2. The van der Waals surface area contributed by atoms with Crippen molar-refractivity contribution in [2.75, 3.05) is 0 Å². The molecule has 0 atom stereocenters. The molecule has 5 nitrogen and oxygen atoms in total. The molecule has 22 heavy (non-hydrogen) atoms. The molecule has 2 aromatic rings. The molecule has 116 valence electrons. The van der Waals surface area contributed by atoms with Crippen molar-refractivity contribution in [3.63, 3.8) is 0 Å². The molecule has 1 aromatic carbocycles. The van der Waals surface area contributed by atoms with Gasteiger partial charge in [0, 0.05) is 6.42 Å². The molecule has 0 radical (unpaired) electrons. The van der Waals surface area contributed by atoms with Gasteiger partial charge >= 0.3 is 0 Å². The lowest BCUT2D eigenvalue weighted by molar-refractivity contribution is -0.126. The van der Waals surface area contributed by atoms with E-state index in [1.165, 1.54) is 0 Å². The molecule has 3 rings (SSSR count). The van der Waals surface area contributed by atoms with E-state index < -0.39 is 5.41 Å². The molecule has 0 saturated heterocycles. The molecule has 1 aliphatic carbocycles. The Kier molecular flexibility index (Phi) is 4.22. The van der Waals surface area contributed by atoms with Gasteiger partial charge in [0.1, 0.15) is 0 Å². The second-order valence-corrected chi connectivity index (χ2v) is 5.78. The summed E-state index contributed by atoms with van der Waals surface area (Å²) in [7, 11) is 0. The minimum Gasteiger partial charge on any atom is -0.423 e. The average Bonchev–Trinajstić information content (AvgIpc) is 3.23. The Morgan fingerprint density at radius 2 is 1.86 bits per heavy atom. The molecule has 1 N–H and O–H groups in total. The van der Waals surface area contributed by atoms with Crippen LogP contribution in [0.5, 0.6) is 0 Å². The Morgan fingerprint density at radius 1 is 1.18 bits per heavy atom. The topological polar surface area (TPSA) is 68.0 Å². The van der Waals surface area contributed by atoms with Crippen LogP contribution in [0.15, 0.2) is 34.7 Å². The summed E-state index contributed by atoms with van der Waals surface area (Å²) in [6.45, 7) is 2.25. The number of aromatic nitrogens is 2. The molecule has 1 heterocycles. The fourth-order valence-corrected chi connectivity index (χ4v) is 3.21. The molecule has 1 aromatic heterocycles. The largest absolute Gasteiger partial charge is 0.423 e. The van der Waals surface area contributed by atoms with E-state index >= 15 is 0 Å². The Hall–Kier alpha value is -2.17. The molecule has 0 bridgehead atoms. The summed E-state index contributed by atoms with van der Waals surface area (Å²) < 4.78 is 5.45. The van der Waals surface area contributed by atoms with Gasteiger partial charge in [-0.3, -0.25) is 4.79 Å². The van der Waals surface area contributed by atoms with Gasteiger partial charge in [-0.25, -0.2) is 0 Å². The van der Waals surface area contributed by atoms with E-state index in [0.29, 0.717) is 24.7 Å². The number of benzene rings is 1.